The fourth-order valence-corrected chi connectivity index (χ4v) is 2.17. The highest BCUT2D eigenvalue weighted by Crippen LogP contribution is 2.22. The van der Waals surface area contributed by atoms with Crippen molar-refractivity contribution in [3.63, 3.8) is 0 Å². The molecule has 0 radical (unpaired) electrons. The van der Waals surface area contributed by atoms with E-state index >= 15 is 0 Å². The summed E-state index contributed by atoms with van der Waals surface area (Å²) in [6, 6.07) is 0.163. The molecule has 0 spiro atoms. The van der Waals surface area contributed by atoms with E-state index < -0.39 is 0 Å². The minimum Gasteiger partial charge on any atom is -0.341 e. The zero-order chi connectivity index (χ0) is 10.6. The Morgan fingerprint density at radius 2 is 2.07 bits per heavy atom. The van der Waals surface area contributed by atoms with Crippen molar-refractivity contribution in [3.8, 4) is 0 Å². The van der Waals surface area contributed by atoms with E-state index in [1.807, 2.05) is 11.9 Å². The van der Waals surface area contributed by atoms with Gasteiger partial charge in [-0.1, -0.05) is 26.2 Å². The van der Waals surface area contributed by atoms with Crippen LogP contribution in [0.15, 0.2) is 0 Å². The van der Waals surface area contributed by atoms with Crippen LogP contribution in [0.3, 0.4) is 0 Å². The summed E-state index contributed by atoms with van der Waals surface area (Å²) in [5, 5.41) is 0. The smallest absolute Gasteiger partial charge is 0.239 e. The Labute approximate surface area is 86.6 Å². The minimum atomic E-state index is -0.286. The van der Waals surface area contributed by atoms with Gasteiger partial charge in [0.15, 0.2) is 0 Å². The van der Waals surface area contributed by atoms with Crippen molar-refractivity contribution in [3.05, 3.63) is 0 Å². The molecule has 0 heterocycles. The van der Waals surface area contributed by atoms with E-state index in [1.54, 1.807) is 0 Å². The molecular formula is C11H22N2O. The van der Waals surface area contributed by atoms with Crippen LogP contribution in [-0.4, -0.2) is 29.9 Å². The highest BCUT2D eigenvalue weighted by atomic mass is 16.2. The third kappa shape index (κ3) is 2.71. The van der Waals surface area contributed by atoms with Gasteiger partial charge in [0, 0.05) is 13.1 Å². The summed E-state index contributed by atoms with van der Waals surface area (Å²) in [6.07, 6.45) is 6.60. The maximum absolute atomic E-state index is 11.8. The number of nitrogens with two attached hydrogens (primary N) is 1. The first-order valence-corrected chi connectivity index (χ1v) is 5.69. The average Bonchev–Trinajstić information content (AvgIpc) is 2.68. The summed E-state index contributed by atoms with van der Waals surface area (Å²) in [7, 11) is 1.90. The normalized spacial score (nSPS) is 19.6. The standard InChI is InChI=1S/C11H22N2O/c1-3-6-10(12)11(14)13(2)9-7-4-5-8-9/h9-10H,3-8,12H2,1-2H3. The number of likely N-dealkylation sites (N-methyl/N-ethyl adjacent to an activating group) is 1. The molecule has 1 atom stereocenters. The molecule has 1 fully saturated rings. The molecule has 14 heavy (non-hydrogen) atoms. The molecule has 1 aliphatic rings. The summed E-state index contributed by atoms with van der Waals surface area (Å²) in [4.78, 5) is 13.7. The number of nitrogens with zero attached hydrogens (tertiary/aromatic N) is 1. The van der Waals surface area contributed by atoms with Crippen LogP contribution in [0.1, 0.15) is 45.4 Å². The zero-order valence-electron chi connectivity index (χ0n) is 9.33. The first kappa shape index (κ1) is 11.5. The molecule has 3 nitrogen and oxygen atoms in total. The van der Waals surface area contributed by atoms with E-state index in [9.17, 15) is 4.79 Å². The molecule has 1 rings (SSSR count). The van der Waals surface area contributed by atoms with Gasteiger partial charge in [0.25, 0.3) is 0 Å². The van der Waals surface area contributed by atoms with Crippen molar-refractivity contribution in [2.24, 2.45) is 5.73 Å². The summed E-state index contributed by atoms with van der Waals surface area (Å²) >= 11 is 0. The van der Waals surface area contributed by atoms with E-state index in [4.69, 9.17) is 5.73 Å². The van der Waals surface area contributed by atoms with Gasteiger partial charge in [0.1, 0.15) is 0 Å². The second-order valence-electron chi connectivity index (χ2n) is 4.28. The van der Waals surface area contributed by atoms with Gasteiger partial charge in [-0.2, -0.15) is 0 Å². The Hall–Kier alpha value is -0.570. The molecule has 0 aromatic heterocycles. The van der Waals surface area contributed by atoms with Gasteiger partial charge in [0.05, 0.1) is 6.04 Å². The molecule has 0 saturated heterocycles. The number of hydrogen-bond acceptors (Lipinski definition) is 2. The lowest BCUT2D eigenvalue weighted by molar-refractivity contribution is -0.133. The van der Waals surface area contributed by atoms with Crippen LogP contribution in [0.2, 0.25) is 0 Å². The molecule has 1 saturated carbocycles. The SMILES string of the molecule is CCCC(N)C(=O)N(C)C1CCCC1. The van der Waals surface area contributed by atoms with E-state index in [-0.39, 0.29) is 11.9 Å². The first-order valence-electron chi connectivity index (χ1n) is 5.69. The molecule has 82 valence electrons. The summed E-state index contributed by atoms with van der Waals surface area (Å²) < 4.78 is 0. The summed E-state index contributed by atoms with van der Waals surface area (Å²) in [5.41, 5.74) is 5.81. The molecule has 2 N–H and O–H groups in total. The Balaban J connectivity index is 2.42. The third-order valence-electron chi connectivity index (χ3n) is 3.14. The summed E-state index contributed by atoms with van der Waals surface area (Å²) in [5.74, 6) is 0.124. The van der Waals surface area contributed by atoms with E-state index in [0.29, 0.717) is 6.04 Å². The fourth-order valence-electron chi connectivity index (χ4n) is 2.17. The number of carbonyl (C=O) groups excluding carboxylic acids is 1. The lowest BCUT2D eigenvalue weighted by Gasteiger charge is -2.27. The molecule has 1 aliphatic carbocycles. The van der Waals surface area contributed by atoms with E-state index in [2.05, 4.69) is 6.92 Å². The highest BCUT2D eigenvalue weighted by molar-refractivity contribution is 5.81. The Morgan fingerprint density at radius 3 is 2.57 bits per heavy atom. The average molecular weight is 198 g/mol. The lowest BCUT2D eigenvalue weighted by Crippen LogP contribution is -2.45. The quantitative estimate of drug-likeness (QED) is 0.744. The Morgan fingerprint density at radius 1 is 1.50 bits per heavy atom. The van der Waals surface area contributed by atoms with Gasteiger partial charge >= 0.3 is 0 Å². The van der Waals surface area contributed by atoms with Crippen molar-refractivity contribution < 1.29 is 4.79 Å². The van der Waals surface area contributed by atoms with Crippen LogP contribution < -0.4 is 5.73 Å². The summed E-state index contributed by atoms with van der Waals surface area (Å²) in [6.45, 7) is 2.06. The lowest BCUT2D eigenvalue weighted by atomic mass is 10.1. The van der Waals surface area contributed by atoms with Gasteiger partial charge in [-0.15, -0.1) is 0 Å². The molecule has 1 unspecified atom stereocenters. The predicted octanol–water partition coefficient (Wildman–Crippen LogP) is 1.51. The molecular weight excluding hydrogens is 176 g/mol. The van der Waals surface area contributed by atoms with Crippen molar-refractivity contribution in [2.75, 3.05) is 7.05 Å². The Kier molecular flexibility index (Phi) is 4.39. The van der Waals surface area contributed by atoms with Crippen LogP contribution in [0.5, 0.6) is 0 Å². The topological polar surface area (TPSA) is 46.3 Å². The van der Waals surface area contributed by atoms with Crippen LogP contribution >= 0.6 is 0 Å². The van der Waals surface area contributed by atoms with Crippen molar-refractivity contribution >= 4 is 5.91 Å². The van der Waals surface area contributed by atoms with Crippen molar-refractivity contribution in [1.29, 1.82) is 0 Å². The molecule has 0 aromatic carbocycles. The van der Waals surface area contributed by atoms with Gasteiger partial charge in [-0.05, 0) is 19.3 Å². The largest absolute Gasteiger partial charge is 0.341 e. The Bertz CT molecular complexity index is 188. The predicted molar refractivity (Wildman–Crippen MR) is 57.9 cm³/mol. The second kappa shape index (κ2) is 5.35. The highest BCUT2D eigenvalue weighted by Gasteiger charge is 2.26. The van der Waals surface area contributed by atoms with Crippen molar-refractivity contribution in [1.82, 2.24) is 4.90 Å². The zero-order valence-corrected chi connectivity index (χ0v) is 9.33. The monoisotopic (exact) mass is 198 g/mol. The molecule has 0 bridgehead atoms. The van der Waals surface area contributed by atoms with Gasteiger partial charge in [0.2, 0.25) is 5.91 Å². The van der Waals surface area contributed by atoms with E-state index in [0.717, 1.165) is 25.7 Å². The van der Waals surface area contributed by atoms with Gasteiger partial charge < -0.3 is 10.6 Å². The van der Waals surface area contributed by atoms with Crippen molar-refractivity contribution in [2.45, 2.75) is 57.5 Å². The third-order valence-corrected chi connectivity index (χ3v) is 3.14. The first-order chi connectivity index (χ1) is 6.66. The van der Waals surface area contributed by atoms with Crippen LogP contribution in [0, 0.1) is 0 Å². The van der Waals surface area contributed by atoms with Crippen LogP contribution in [0.4, 0.5) is 0 Å². The van der Waals surface area contributed by atoms with Crippen LogP contribution in [0.25, 0.3) is 0 Å². The molecule has 3 heteroatoms. The minimum absolute atomic E-state index is 0.124. The van der Waals surface area contributed by atoms with Gasteiger partial charge in [-0.25, -0.2) is 0 Å². The fraction of sp³-hybridized carbons (Fsp3) is 0.909. The van der Waals surface area contributed by atoms with E-state index in [1.165, 1.54) is 12.8 Å². The maximum Gasteiger partial charge on any atom is 0.239 e. The number of rotatable bonds is 4. The van der Waals surface area contributed by atoms with Gasteiger partial charge in [-0.3, -0.25) is 4.79 Å². The number of hydrogen-bond donors (Lipinski definition) is 1. The second-order valence-corrected chi connectivity index (χ2v) is 4.28. The number of amides is 1. The van der Waals surface area contributed by atoms with Crippen LogP contribution in [-0.2, 0) is 4.79 Å². The molecule has 0 aliphatic heterocycles. The maximum atomic E-state index is 11.8. The number of carbonyl (C=O) groups is 1. The molecule has 0 aromatic rings. The molecule has 1 amide bonds.